The van der Waals surface area contributed by atoms with E-state index in [-0.39, 0.29) is 0 Å². The van der Waals surface area contributed by atoms with Crippen LogP contribution >= 0.6 is 0 Å². The highest BCUT2D eigenvalue weighted by Gasteiger charge is 2.13. The van der Waals surface area contributed by atoms with Gasteiger partial charge in [-0.15, -0.1) is 0 Å². The maximum absolute atomic E-state index is 5.45. The predicted octanol–water partition coefficient (Wildman–Crippen LogP) is 3.83. The Hall–Kier alpha value is -3.09. The molecule has 0 radical (unpaired) electrons. The summed E-state index contributed by atoms with van der Waals surface area (Å²) in [5, 5.41) is 10.7. The topological polar surface area (TPSA) is 91.1 Å². The standard InChI is InChI=1S/C21H28N6O/c1-4-15(5-2)18-11-17(28-27-18)12-24-21(22-3)25-14-20-23-13-19(26-20)16-9-7-6-8-10-16/h6-11,13,15H,4-5,12,14H2,1-3H3,(H,23,26)(H2,22,24,25). The summed E-state index contributed by atoms with van der Waals surface area (Å²) in [6.07, 6.45) is 3.97. The zero-order valence-corrected chi connectivity index (χ0v) is 16.7. The van der Waals surface area contributed by atoms with Gasteiger partial charge in [0.2, 0.25) is 0 Å². The first-order valence-electron chi connectivity index (χ1n) is 9.72. The second kappa shape index (κ2) is 9.73. The van der Waals surface area contributed by atoms with Gasteiger partial charge in [0.15, 0.2) is 11.7 Å². The Labute approximate surface area is 165 Å². The Morgan fingerprint density at radius 3 is 2.61 bits per heavy atom. The molecule has 0 saturated heterocycles. The number of benzene rings is 1. The van der Waals surface area contributed by atoms with E-state index in [0.29, 0.717) is 25.0 Å². The van der Waals surface area contributed by atoms with Gasteiger partial charge in [0.1, 0.15) is 5.82 Å². The van der Waals surface area contributed by atoms with Crippen LogP contribution in [0.5, 0.6) is 0 Å². The predicted molar refractivity (Wildman–Crippen MR) is 111 cm³/mol. The zero-order valence-electron chi connectivity index (χ0n) is 16.7. The fraction of sp³-hybridized carbons (Fsp3) is 0.381. The molecule has 1 aromatic carbocycles. The van der Waals surface area contributed by atoms with Crippen LogP contribution in [0.4, 0.5) is 0 Å². The first kappa shape index (κ1) is 19.7. The molecule has 2 aromatic heterocycles. The van der Waals surface area contributed by atoms with Crippen molar-refractivity contribution >= 4 is 5.96 Å². The third-order valence-corrected chi connectivity index (χ3v) is 4.77. The van der Waals surface area contributed by atoms with Gasteiger partial charge in [-0.05, 0) is 18.4 Å². The number of rotatable bonds is 8. The molecule has 2 heterocycles. The molecule has 0 amide bonds. The van der Waals surface area contributed by atoms with Crippen LogP contribution < -0.4 is 10.6 Å². The average Bonchev–Trinajstić information content (AvgIpc) is 3.40. The van der Waals surface area contributed by atoms with Crippen LogP contribution in [0.3, 0.4) is 0 Å². The molecule has 3 rings (SSSR count). The highest BCUT2D eigenvalue weighted by Crippen LogP contribution is 2.22. The Balaban J connectivity index is 1.51. The Bertz CT molecular complexity index is 879. The summed E-state index contributed by atoms with van der Waals surface area (Å²) >= 11 is 0. The Kier molecular flexibility index (Phi) is 6.84. The fourth-order valence-corrected chi connectivity index (χ4v) is 3.09. The van der Waals surface area contributed by atoms with Crippen molar-refractivity contribution in [2.24, 2.45) is 4.99 Å². The summed E-state index contributed by atoms with van der Waals surface area (Å²) in [5.74, 6) is 2.78. The first-order valence-corrected chi connectivity index (χ1v) is 9.72. The van der Waals surface area contributed by atoms with Crippen molar-refractivity contribution in [1.82, 2.24) is 25.8 Å². The molecule has 3 aromatic rings. The summed E-state index contributed by atoms with van der Waals surface area (Å²) in [6, 6.07) is 12.2. The van der Waals surface area contributed by atoms with Gasteiger partial charge in [-0.2, -0.15) is 0 Å². The monoisotopic (exact) mass is 380 g/mol. The summed E-state index contributed by atoms with van der Waals surface area (Å²) in [7, 11) is 1.74. The van der Waals surface area contributed by atoms with E-state index in [4.69, 9.17) is 4.52 Å². The second-order valence-corrected chi connectivity index (χ2v) is 6.62. The fourth-order valence-electron chi connectivity index (χ4n) is 3.09. The number of imidazole rings is 1. The number of H-pyrrole nitrogens is 1. The summed E-state index contributed by atoms with van der Waals surface area (Å²) in [5.41, 5.74) is 3.13. The lowest BCUT2D eigenvalue weighted by Crippen LogP contribution is -2.36. The maximum Gasteiger partial charge on any atom is 0.191 e. The highest BCUT2D eigenvalue weighted by atomic mass is 16.5. The van der Waals surface area contributed by atoms with Crippen molar-refractivity contribution < 1.29 is 4.52 Å². The molecule has 0 aliphatic rings. The van der Waals surface area contributed by atoms with E-state index < -0.39 is 0 Å². The third-order valence-electron chi connectivity index (χ3n) is 4.77. The van der Waals surface area contributed by atoms with Crippen molar-refractivity contribution in [2.45, 2.75) is 45.7 Å². The van der Waals surface area contributed by atoms with E-state index in [9.17, 15) is 0 Å². The number of guanidine groups is 1. The second-order valence-electron chi connectivity index (χ2n) is 6.62. The number of hydrogen-bond acceptors (Lipinski definition) is 4. The van der Waals surface area contributed by atoms with E-state index >= 15 is 0 Å². The molecule has 0 saturated carbocycles. The van der Waals surface area contributed by atoms with Crippen LogP contribution in [0, 0.1) is 0 Å². The van der Waals surface area contributed by atoms with Gasteiger partial charge < -0.3 is 20.1 Å². The lowest BCUT2D eigenvalue weighted by Gasteiger charge is -2.09. The molecular formula is C21H28N6O. The molecule has 0 aliphatic heterocycles. The van der Waals surface area contributed by atoms with Crippen molar-refractivity contribution in [3.8, 4) is 11.3 Å². The summed E-state index contributed by atoms with van der Waals surface area (Å²) < 4.78 is 5.45. The molecule has 7 heteroatoms. The SMILES string of the molecule is CCC(CC)c1cc(CNC(=NC)NCc2ncc(-c3ccccc3)[nH]2)on1. The highest BCUT2D eigenvalue weighted by molar-refractivity contribution is 5.79. The first-order chi connectivity index (χ1) is 13.7. The molecular weight excluding hydrogens is 352 g/mol. The molecule has 0 atom stereocenters. The summed E-state index contributed by atoms with van der Waals surface area (Å²) in [6.45, 7) is 5.41. The van der Waals surface area contributed by atoms with Crippen LogP contribution in [0.25, 0.3) is 11.3 Å². The smallest absolute Gasteiger partial charge is 0.191 e. The number of nitrogens with zero attached hydrogens (tertiary/aromatic N) is 3. The van der Waals surface area contributed by atoms with Gasteiger partial charge in [0.25, 0.3) is 0 Å². The van der Waals surface area contributed by atoms with Crippen molar-refractivity contribution in [2.75, 3.05) is 7.05 Å². The average molecular weight is 380 g/mol. The minimum absolute atomic E-state index is 0.452. The number of nitrogens with one attached hydrogen (secondary N) is 3. The van der Waals surface area contributed by atoms with Gasteiger partial charge in [-0.3, -0.25) is 4.99 Å². The van der Waals surface area contributed by atoms with Gasteiger partial charge in [0, 0.05) is 19.0 Å². The van der Waals surface area contributed by atoms with E-state index in [2.05, 4.69) is 56.7 Å². The molecule has 3 N–H and O–H groups in total. The molecule has 0 fully saturated rings. The molecule has 0 spiro atoms. The number of aliphatic imine (C=N–C) groups is 1. The maximum atomic E-state index is 5.45. The minimum atomic E-state index is 0.452. The lowest BCUT2D eigenvalue weighted by atomic mass is 9.99. The van der Waals surface area contributed by atoms with Crippen LogP contribution in [0.1, 0.15) is 49.9 Å². The number of hydrogen-bond donors (Lipinski definition) is 3. The van der Waals surface area contributed by atoms with E-state index in [1.165, 1.54) is 0 Å². The lowest BCUT2D eigenvalue weighted by molar-refractivity contribution is 0.368. The minimum Gasteiger partial charge on any atom is -0.359 e. The largest absolute Gasteiger partial charge is 0.359 e. The molecule has 0 aliphatic carbocycles. The van der Waals surface area contributed by atoms with Crippen LogP contribution in [-0.4, -0.2) is 28.1 Å². The Morgan fingerprint density at radius 1 is 1.14 bits per heavy atom. The molecule has 0 bridgehead atoms. The van der Waals surface area contributed by atoms with Gasteiger partial charge in [-0.25, -0.2) is 4.98 Å². The number of aromatic amines is 1. The van der Waals surface area contributed by atoms with E-state index in [0.717, 1.165) is 41.4 Å². The zero-order chi connectivity index (χ0) is 19.8. The molecule has 0 unspecified atom stereocenters. The van der Waals surface area contributed by atoms with Crippen molar-refractivity contribution in [3.05, 3.63) is 59.9 Å². The van der Waals surface area contributed by atoms with Crippen molar-refractivity contribution in [3.63, 3.8) is 0 Å². The quantitative estimate of drug-likeness (QED) is 0.408. The van der Waals surface area contributed by atoms with Crippen LogP contribution in [0.15, 0.2) is 52.1 Å². The molecule has 7 nitrogen and oxygen atoms in total. The molecule has 28 heavy (non-hydrogen) atoms. The normalized spacial score (nSPS) is 11.8. The van der Waals surface area contributed by atoms with Crippen LogP contribution in [0.2, 0.25) is 0 Å². The van der Waals surface area contributed by atoms with Crippen molar-refractivity contribution in [1.29, 1.82) is 0 Å². The Morgan fingerprint density at radius 2 is 1.89 bits per heavy atom. The number of aromatic nitrogens is 3. The van der Waals surface area contributed by atoms with E-state index in [1.54, 1.807) is 7.05 Å². The van der Waals surface area contributed by atoms with Gasteiger partial charge in [0.05, 0.1) is 30.7 Å². The van der Waals surface area contributed by atoms with Gasteiger partial charge >= 0.3 is 0 Å². The summed E-state index contributed by atoms with van der Waals surface area (Å²) in [4.78, 5) is 12.0. The van der Waals surface area contributed by atoms with E-state index in [1.807, 2.05) is 30.5 Å². The van der Waals surface area contributed by atoms with Gasteiger partial charge in [-0.1, -0.05) is 49.3 Å². The molecule has 148 valence electrons. The van der Waals surface area contributed by atoms with Crippen LogP contribution in [-0.2, 0) is 13.1 Å². The third kappa shape index (κ3) is 5.00.